The van der Waals surface area contributed by atoms with Gasteiger partial charge in [0.1, 0.15) is 5.75 Å². The zero-order chi connectivity index (χ0) is 16.9. The summed E-state index contributed by atoms with van der Waals surface area (Å²) in [7, 11) is -2.89. The van der Waals surface area contributed by atoms with Crippen LogP contribution in [0.1, 0.15) is 31.9 Å². The molecule has 1 saturated heterocycles. The van der Waals surface area contributed by atoms with Crippen molar-refractivity contribution >= 4 is 27.5 Å². The van der Waals surface area contributed by atoms with E-state index in [1.165, 1.54) is 11.8 Å². The minimum atomic E-state index is -2.89. The Bertz CT molecular complexity index is 645. The Morgan fingerprint density at radius 3 is 2.91 bits per heavy atom. The minimum absolute atomic E-state index is 0.0438. The Hall–Kier alpha value is -1.21. The van der Waals surface area contributed by atoms with E-state index >= 15 is 0 Å². The van der Waals surface area contributed by atoms with Crippen LogP contribution in [-0.2, 0) is 14.6 Å². The fourth-order valence-electron chi connectivity index (χ4n) is 2.49. The number of nitrogens with one attached hydrogen (secondary N) is 1. The third-order valence-electron chi connectivity index (χ3n) is 3.69. The lowest BCUT2D eigenvalue weighted by Crippen LogP contribution is -2.29. The van der Waals surface area contributed by atoms with E-state index in [0.717, 1.165) is 11.3 Å². The average molecular weight is 357 g/mol. The largest absolute Gasteiger partial charge is 0.494 e. The molecule has 1 N–H and O–H groups in total. The highest BCUT2D eigenvalue weighted by Crippen LogP contribution is 2.24. The van der Waals surface area contributed by atoms with Crippen LogP contribution in [0.25, 0.3) is 0 Å². The highest BCUT2D eigenvalue weighted by Gasteiger charge is 2.28. The van der Waals surface area contributed by atoms with Gasteiger partial charge in [-0.2, -0.15) is 0 Å². The van der Waals surface area contributed by atoms with E-state index in [9.17, 15) is 13.2 Å². The molecule has 0 radical (unpaired) electrons. The summed E-state index contributed by atoms with van der Waals surface area (Å²) in [5.41, 5.74) is 0.984. The molecule has 0 aliphatic carbocycles. The van der Waals surface area contributed by atoms with Crippen molar-refractivity contribution in [3.8, 4) is 5.75 Å². The number of ether oxygens (including phenoxy) is 1. The Balaban J connectivity index is 1.81. The van der Waals surface area contributed by atoms with Gasteiger partial charge in [-0.05, 0) is 38.0 Å². The van der Waals surface area contributed by atoms with Crippen LogP contribution >= 0.6 is 11.8 Å². The molecule has 1 aliphatic rings. The van der Waals surface area contributed by atoms with Crippen LogP contribution in [0.3, 0.4) is 0 Å². The fourth-order valence-corrected chi connectivity index (χ4v) is 5.95. The predicted molar refractivity (Wildman–Crippen MR) is 93.7 cm³/mol. The molecule has 5 nitrogen and oxygen atoms in total. The van der Waals surface area contributed by atoms with Gasteiger partial charge in [0.05, 0.1) is 29.9 Å². The first-order chi connectivity index (χ1) is 10.9. The smallest absolute Gasteiger partial charge is 0.230 e. The van der Waals surface area contributed by atoms with Crippen LogP contribution < -0.4 is 10.1 Å². The summed E-state index contributed by atoms with van der Waals surface area (Å²) in [4.78, 5) is 12.0. The van der Waals surface area contributed by atoms with Gasteiger partial charge in [-0.25, -0.2) is 8.42 Å². The topological polar surface area (TPSA) is 72.5 Å². The van der Waals surface area contributed by atoms with Gasteiger partial charge < -0.3 is 10.1 Å². The molecule has 1 amide bonds. The molecule has 1 aromatic carbocycles. The zero-order valence-corrected chi connectivity index (χ0v) is 15.1. The fraction of sp³-hybridized carbons (Fsp3) is 0.562. The number of thioether (sulfide) groups is 1. The van der Waals surface area contributed by atoms with E-state index in [-0.39, 0.29) is 34.5 Å². The summed E-state index contributed by atoms with van der Waals surface area (Å²) in [5, 5.41) is 2.99. The number of carbonyl (C=O) groups excluding carboxylic acids is 1. The van der Waals surface area contributed by atoms with E-state index in [0.29, 0.717) is 13.0 Å². The van der Waals surface area contributed by atoms with E-state index < -0.39 is 9.84 Å². The number of rotatable bonds is 7. The van der Waals surface area contributed by atoms with Gasteiger partial charge in [0.25, 0.3) is 0 Å². The van der Waals surface area contributed by atoms with Gasteiger partial charge in [-0.3, -0.25) is 4.79 Å². The van der Waals surface area contributed by atoms with Gasteiger partial charge in [-0.1, -0.05) is 12.1 Å². The quantitative estimate of drug-likeness (QED) is 0.810. The average Bonchev–Trinajstić information content (AvgIpc) is 2.85. The third kappa shape index (κ3) is 5.73. The van der Waals surface area contributed by atoms with E-state index in [2.05, 4.69) is 5.32 Å². The zero-order valence-electron chi connectivity index (χ0n) is 13.4. The van der Waals surface area contributed by atoms with Crippen LogP contribution in [0.15, 0.2) is 24.3 Å². The van der Waals surface area contributed by atoms with Crippen molar-refractivity contribution < 1.29 is 17.9 Å². The number of carbonyl (C=O) groups is 1. The second-order valence-corrected chi connectivity index (χ2v) is 9.15. The van der Waals surface area contributed by atoms with Gasteiger partial charge in [-0.15, -0.1) is 11.8 Å². The summed E-state index contributed by atoms with van der Waals surface area (Å²) in [6, 6.07) is 7.55. The second kappa shape index (κ2) is 8.06. The monoisotopic (exact) mass is 357 g/mol. The van der Waals surface area contributed by atoms with Crippen molar-refractivity contribution in [2.24, 2.45) is 0 Å². The van der Waals surface area contributed by atoms with Crippen LogP contribution in [0, 0.1) is 0 Å². The predicted octanol–water partition coefficient (Wildman–Crippen LogP) is 2.18. The summed E-state index contributed by atoms with van der Waals surface area (Å²) in [6.45, 7) is 4.46. The number of sulfone groups is 1. The molecule has 0 saturated carbocycles. The molecule has 1 aliphatic heterocycles. The van der Waals surface area contributed by atoms with Crippen molar-refractivity contribution in [1.29, 1.82) is 0 Å². The molecule has 23 heavy (non-hydrogen) atoms. The van der Waals surface area contributed by atoms with Gasteiger partial charge in [0, 0.05) is 5.25 Å². The first-order valence-corrected chi connectivity index (χ1v) is 10.6. The maximum absolute atomic E-state index is 12.0. The molecule has 7 heteroatoms. The number of benzene rings is 1. The highest BCUT2D eigenvalue weighted by molar-refractivity contribution is 8.02. The van der Waals surface area contributed by atoms with Gasteiger partial charge in [0.2, 0.25) is 5.91 Å². The van der Waals surface area contributed by atoms with E-state index in [1.54, 1.807) is 0 Å². The lowest BCUT2D eigenvalue weighted by molar-refractivity contribution is -0.119. The number of hydrogen-bond acceptors (Lipinski definition) is 5. The van der Waals surface area contributed by atoms with Crippen molar-refractivity contribution in [3.63, 3.8) is 0 Å². The molecule has 1 fully saturated rings. The highest BCUT2D eigenvalue weighted by atomic mass is 32.2. The normalized spacial score (nSPS) is 20.9. The molecule has 2 unspecified atom stereocenters. The minimum Gasteiger partial charge on any atom is -0.494 e. The molecule has 2 rings (SSSR count). The maximum Gasteiger partial charge on any atom is 0.230 e. The summed E-state index contributed by atoms with van der Waals surface area (Å²) >= 11 is 1.43. The summed E-state index contributed by atoms with van der Waals surface area (Å²) < 4.78 is 28.3. The van der Waals surface area contributed by atoms with E-state index in [4.69, 9.17) is 4.74 Å². The Kier molecular flexibility index (Phi) is 6.35. The molecule has 1 aromatic rings. The maximum atomic E-state index is 12.0. The molecule has 2 atom stereocenters. The molecule has 0 aromatic heterocycles. The van der Waals surface area contributed by atoms with Crippen LogP contribution in [0.5, 0.6) is 5.75 Å². The molecule has 0 bridgehead atoms. The number of hydrogen-bond donors (Lipinski definition) is 1. The Labute approximate surface area is 142 Å². The van der Waals surface area contributed by atoms with Crippen LogP contribution in [0.2, 0.25) is 0 Å². The van der Waals surface area contributed by atoms with E-state index in [1.807, 2.05) is 38.1 Å². The van der Waals surface area contributed by atoms with Crippen LogP contribution in [-0.4, -0.2) is 43.4 Å². The summed E-state index contributed by atoms with van der Waals surface area (Å²) in [6.07, 6.45) is 0.645. The molecular formula is C16H23NO4S2. The first-order valence-electron chi connectivity index (χ1n) is 7.74. The van der Waals surface area contributed by atoms with Crippen molar-refractivity contribution in [3.05, 3.63) is 29.8 Å². The number of amides is 1. The molecule has 0 spiro atoms. The summed E-state index contributed by atoms with van der Waals surface area (Å²) in [5.74, 6) is 1.43. The Morgan fingerprint density at radius 2 is 2.26 bits per heavy atom. The standard InChI is InChI=1S/C16H23NO4S2/c1-3-21-14-6-4-5-13(9-14)12(2)17-16(18)10-22-15-7-8-23(19,20)11-15/h4-6,9,12,15H,3,7-8,10-11H2,1-2H3,(H,17,18). The van der Waals surface area contributed by atoms with Gasteiger partial charge in [0.15, 0.2) is 9.84 Å². The van der Waals surface area contributed by atoms with Crippen LogP contribution in [0.4, 0.5) is 0 Å². The third-order valence-corrected chi connectivity index (χ3v) is 6.97. The lowest BCUT2D eigenvalue weighted by atomic mass is 10.1. The lowest BCUT2D eigenvalue weighted by Gasteiger charge is -2.16. The first kappa shape index (κ1) is 18.1. The molecular weight excluding hydrogens is 334 g/mol. The van der Waals surface area contributed by atoms with Gasteiger partial charge >= 0.3 is 0 Å². The molecule has 1 heterocycles. The van der Waals surface area contributed by atoms with Crippen molar-refractivity contribution in [2.75, 3.05) is 23.9 Å². The van der Waals surface area contributed by atoms with Crippen molar-refractivity contribution in [1.82, 2.24) is 5.32 Å². The second-order valence-electron chi connectivity index (χ2n) is 5.63. The van der Waals surface area contributed by atoms with Crippen molar-refractivity contribution in [2.45, 2.75) is 31.6 Å². The molecule has 128 valence electrons. The Morgan fingerprint density at radius 1 is 1.48 bits per heavy atom. The SMILES string of the molecule is CCOc1cccc(C(C)NC(=O)CSC2CCS(=O)(=O)C2)c1.